The van der Waals surface area contributed by atoms with Gasteiger partial charge < -0.3 is 9.47 Å². The Balaban J connectivity index is 1.20. The number of hydrogen-bond acceptors (Lipinski definition) is 5. The molecule has 6 nitrogen and oxygen atoms in total. The molecule has 0 aliphatic carbocycles. The summed E-state index contributed by atoms with van der Waals surface area (Å²) in [6, 6.07) is 21.2. The maximum atomic E-state index is 11.8. The molecule has 2 aliphatic heterocycles. The summed E-state index contributed by atoms with van der Waals surface area (Å²) in [6.45, 7) is 8.12. The second-order valence-electron chi connectivity index (χ2n) is 11.0. The number of aryl methyl sites for hydroxylation is 2. The molecule has 0 saturated carbocycles. The lowest BCUT2D eigenvalue weighted by Gasteiger charge is -2.43. The maximum absolute atomic E-state index is 11.8. The third-order valence-corrected chi connectivity index (χ3v) is 9.50. The van der Waals surface area contributed by atoms with Gasteiger partial charge in [-0.3, -0.25) is 4.90 Å². The molecule has 1 aromatic heterocycles. The van der Waals surface area contributed by atoms with Crippen LogP contribution in [0.15, 0.2) is 65.6 Å². The summed E-state index contributed by atoms with van der Waals surface area (Å²) in [4.78, 5) is 10.5. The Labute approximate surface area is 225 Å². The number of hydrogen-bond donors (Lipinski definition) is 0. The lowest BCUT2D eigenvalue weighted by Crippen LogP contribution is -2.50. The fraction of sp³-hybridized carbons (Fsp3) is 0.387. The minimum absolute atomic E-state index is 0.318. The Morgan fingerprint density at radius 1 is 0.868 bits per heavy atom. The lowest BCUT2D eigenvalue weighted by molar-refractivity contribution is 0.0612. The van der Waals surface area contributed by atoms with Crippen molar-refractivity contribution >= 4 is 20.9 Å². The molecule has 0 bridgehead atoms. The van der Waals surface area contributed by atoms with Crippen molar-refractivity contribution in [3.8, 4) is 22.5 Å². The molecule has 0 spiro atoms. The average Bonchev–Trinajstić information content (AvgIpc) is 3.21. The first-order chi connectivity index (χ1) is 18.3. The number of likely N-dealkylation sites (tertiary alicyclic amines) is 2. The van der Waals surface area contributed by atoms with E-state index in [4.69, 9.17) is 4.98 Å². The third-order valence-electron chi connectivity index (χ3n) is 8.38. The van der Waals surface area contributed by atoms with Crippen molar-refractivity contribution in [1.29, 1.82) is 0 Å². The standard InChI is InChI=1S/C31H36N4O2S/c1-22-19-26(20-29-30(22)32-31(33(29)2)25-9-11-28(12-10-25)38(3,36)37)24-7-5-23(6-8-24)21-34-17-13-27(14-18-34)35-15-4-16-35/h5-12,19-20,27H,4,13-18,21H2,1-3H3. The van der Waals surface area contributed by atoms with Gasteiger partial charge in [0.25, 0.3) is 0 Å². The molecule has 0 N–H and O–H groups in total. The van der Waals surface area contributed by atoms with Crippen molar-refractivity contribution in [3.63, 3.8) is 0 Å². The summed E-state index contributed by atoms with van der Waals surface area (Å²) in [5, 5.41) is 0. The Morgan fingerprint density at radius 3 is 2.13 bits per heavy atom. The number of sulfone groups is 1. The lowest BCUT2D eigenvalue weighted by atomic mass is 9.98. The van der Waals surface area contributed by atoms with Crippen molar-refractivity contribution in [1.82, 2.24) is 19.4 Å². The number of imidazole rings is 1. The summed E-state index contributed by atoms with van der Waals surface area (Å²) in [6.07, 6.45) is 5.20. The summed E-state index contributed by atoms with van der Waals surface area (Å²) in [7, 11) is -1.21. The van der Waals surface area contributed by atoms with Gasteiger partial charge in [-0.15, -0.1) is 0 Å². The molecule has 3 aromatic carbocycles. The Hall–Kier alpha value is -3.00. The summed E-state index contributed by atoms with van der Waals surface area (Å²) < 4.78 is 25.8. The first-order valence-electron chi connectivity index (χ1n) is 13.6. The Bertz CT molecular complexity index is 1560. The molecule has 0 amide bonds. The SMILES string of the molecule is Cc1cc(-c2ccc(CN3CCC(N4CCC4)CC3)cc2)cc2c1nc(-c1ccc(S(C)(=O)=O)cc1)n2C. The van der Waals surface area contributed by atoms with Gasteiger partial charge in [0.05, 0.1) is 15.9 Å². The number of nitrogens with zero attached hydrogens (tertiary/aromatic N) is 4. The second-order valence-corrected chi connectivity index (χ2v) is 13.1. The normalized spacial score (nSPS) is 17.7. The van der Waals surface area contributed by atoms with Crippen LogP contribution in [0.25, 0.3) is 33.5 Å². The van der Waals surface area contributed by atoms with E-state index < -0.39 is 9.84 Å². The highest BCUT2D eigenvalue weighted by Gasteiger charge is 2.27. The minimum atomic E-state index is -3.23. The van der Waals surface area contributed by atoms with Crippen LogP contribution in [-0.2, 0) is 23.4 Å². The molecule has 4 aromatic rings. The topological polar surface area (TPSA) is 58.4 Å². The Kier molecular flexibility index (Phi) is 6.62. The summed E-state index contributed by atoms with van der Waals surface area (Å²) in [5.74, 6) is 0.827. The summed E-state index contributed by atoms with van der Waals surface area (Å²) in [5.41, 5.74) is 7.81. The first kappa shape index (κ1) is 25.3. The van der Waals surface area contributed by atoms with Gasteiger partial charge in [-0.1, -0.05) is 24.3 Å². The van der Waals surface area contributed by atoms with Gasteiger partial charge in [0.15, 0.2) is 9.84 Å². The molecular weight excluding hydrogens is 492 g/mol. The van der Waals surface area contributed by atoms with Crippen molar-refractivity contribution in [2.75, 3.05) is 32.4 Å². The van der Waals surface area contributed by atoms with Crippen LogP contribution in [0.2, 0.25) is 0 Å². The van der Waals surface area contributed by atoms with Crippen molar-refractivity contribution in [2.24, 2.45) is 7.05 Å². The van der Waals surface area contributed by atoms with Gasteiger partial charge in [0.1, 0.15) is 5.82 Å². The maximum Gasteiger partial charge on any atom is 0.175 e. The number of rotatable bonds is 6. The van der Waals surface area contributed by atoms with E-state index in [1.54, 1.807) is 12.1 Å². The molecular formula is C31H36N4O2S. The number of aromatic nitrogens is 2. The smallest absolute Gasteiger partial charge is 0.175 e. The number of fused-ring (bicyclic) bond motifs is 1. The molecule has 0 atom stereocenters. The Morgan fingerprint density at radius 2 is 1.53 bits per heavy atom. The van der Waals surface area contributed by atoms with Gasteiger partial charge in [0, 0.05) is 31.5 Å². The second kappa shape index (κ2) is 9.95. The first-order valence-corrected chi connectivity index (χ1v) is 15.5. The van der Waals surface area contributed by atoms with Gasteiger partial charge >= 0.3 is 0 Å². The largest absolute Gasteiger partial charge is 0.327 e. The zero-order chi connectivity index (χ0) is 26.4. The van der Waals surface area contributed by atoms with E-state index in [-0.39, 0.29) is 0 Å². The fourth-order valence-corrected chi connectivity index (χ4v) is 6.57. The molecule has 0 radical (unpaired) electrons. The fourth-order valence-electron chi connectivity index (χ4n) is 5.94. The zero-order valence-corrected chi connectivity index (χ0v) is 23.3. The van der Waals surface area contributed by atoms with E-state index >= 15 is 0 Å². The number of piperidine rings is 1. The minimum Gasteiger partial charge on any atom is -0.327 e. The van der Waals surface area contributed by atoms with Gasteiger partial charge in [-0.25, -0.2) is 13.4 Å². The highest BCUT2D eigenvalue weighted by atomic mass is 32.2. The van der Waals surface area contributed by atoms with Crippen LogP contribution in [-0.4, -0.2) is 66.2 Å². The van der Waals surface area contributed by atoms with Gasteiger partial charge in [-0.2, -0.15) is 0 Å². The van der Waals surface area contributed by atoms with E-state index in [0.717, 1.165) is 40.6 Å². The molecule has 7 heteroatoms. The molecule has 2 saturated heterocycles. The van der Waals surface area contributed by atoms with E-state index in [1.807, 2.05) is 19.2 Å². The van der Waals surface area contributed by atoms with Crippen LogP contribution in [0.4, 0.5) is 0 Å². The molecule has 2 fully saturated rings. The van der Waals surface area contributed by atoms with Crippen LogP contribution >= 0.6 is 0 Å². The van der Waals surface area contributed by atoms with Gasteiger partial charge in [-0.05, 0) is 111 Å². The van der Waals surface area contributed by atoms with Crippen molar-refractivity contribution in [3.05, 3.63) is 71.8 Å². The van der Waals surface area contributed by atoms with Crippen LogP contribution < -0.4 is 0 Å². The summed E-state index contributed by atoms with van der Waals surface area (Å²) >= 11 is 0. The van der Waals surface area contributed by atoms with E-state index in [0.29, 0.717) is 4.90 Å². The molecule has 2 aliphatic rings. The molecule has 198 valence electrons. The van der Waals surface area contributed by atoms with E-state index in [2.05, 4.69) is 57.7 Å². The number of benzene rings is 3. The van der Waals surface area contributed by atoms with E-state index in [9.17, 15) is 8.42 Å². The average molecular weight is 529 g/mol. The monoisotopic (exact) mass is 528 g/mol. The van der Waals surface area contributed by atoms with Crippen LogP contribution in [0.3, 0.4) is 0 Å². The highest BCUT2D eigenvalue weighted by molar-refractivity contribution is 7.90. The molecule has 38 heavy (non-hydrogen) atoms. The van der Waals surface area contributed by atoms with E-state index in [1.165, 1.54) is 68.4 Å². The molecule has 0 unspecified atom stereocenters. The third kappa shape index (κ3) is 4.91. The van der Waals surface area contributed by atoms with Gasteiger partial charge in [0.2, 0.25) is 0 Å². The van der Waals surface area contributed by atoms with Crippen LogP contribution in [0.5, 0.6) is 0 Å². The van der Waals surface area contributed by atoms with Crippen LogP contribution in [0, 0.1) is 6.92 Å². The van der Waals surface area contributed by atoms with Crippen molar-refractivity contribution in [2.45, 2.75) is 43.7 Å². The molecule has 6 rings (SSSR count). The quantitative estimate of drug-likeness (QED) is 0.340. The zero-order valence-electron chi connectivity index (χ0n) is 22.5. The molecule has 3 heterocycles. The predicted molar refractivity (Wildman–Crippen MR) is 154 cm³/mol. The van der Waals surface area contributed by atoms with Crippen LogP contribution in [0.1, 0.15) is 30.4 Å². The highest BCUT2D eigenvalue weighted by Crippen LogP contribution is 2.31. The predicted octanol–water partition coefficient (Wildman–Crippen LogP) is 5.29. The van der Waals surface area contributed by atoms with Crippen molar-refractivity contribution < 1.29 is 8.42 Å².